The number of aliphatic hydroxyl groups is 2. The molecule has 5 heteroatoms. The van der Waals surface area contributed by atoms with Gasteiger partial charge in [-0.25, -0.2) is 0 Å². The second-order valence-electron chi connectivity index (χ2n) is 5.01. The van der Waals surface area contributed by atoms with E-state index in [1.54, 1.807) is 0 Å². The number of nitrogens with zero attached hydrogens (tertiary/aromatic N) is 1. The van der Waals surface area contributed by atoms with Crippen molar-refractivity contribution in [3.8, 4) is 0 Å². The highest BCUT2D eigenvalue weighted by molar-refractivity contribution is 5.82. The molecule has 1 heterocycles. The molecule has 0 spiro atoms. The molecular formula is C14H20N2O3. The first-order valence-corrected chi connectivity index (χ1v) is 6.52. The van der Waals surface area contributed by atoms with Crippen molar-refractivity contribution in [2.45, 2.75) is 31.1 Å². The Labute approximate surface area is 112 Å². The fraction of sp³-hybridized carbons (Fsp3) is 0.500. The van der Waals surface area contributed by atoms with E-state index < -0.39 is 18.2 Å². The van der Waals surface area contributed by atoms with Crippen molar-refractivity contribution in [2.75, 3.05) is 13.1 Å². The summed E-state index contributed by atoms with van der Waals surface area (Å²) in [7, 11) is 0. The highest BCUT2D eigenvalue weighted by Crippen LogP contribution is 2.13. The molecular weight excluding hydrogens is 244 g/mol. The molecule has 1 fully saturated rings. The number of amides is 1. The molecule has 1 aliphatic rings. The van der Waals surface area contributed by atoms with E-state index in [9.17, 15) is 15.0 Å². The number of carbonyl (C=O) groups excluding carboxylic acids is 1. The molecule has 4 N–H and O–H groups in total. The van der Waals surface area contributed by atoms with Gasteiger partial charge in [0.25, 0.3) is 0 Å². The largest absolute Gasteiger partial charge is 0.388 e. The average molecular weight is 264 g/mol. The Morgan fingerprint density at radius 3 is 2.42 bits per heavy atom. The van der Waals surface area contributed by atoms with Gasteiger partial charge in [0.05, 0.1) is 18.2 Å². The number of aryl methyl sites for hydroxylation is 1. The van der Waals surface area contributed by atoms with Crippen molar-refractivity contribution in [3.05, 3.63) is 35.9 Å². The fourth-order valence-corrected chi connectivity index (χ4v) is 2.27. The zero-order valence-electron chi connectivity index (χ0n) is 10.8. The normalized spacial score (nSPS) is 24.5. The average Bonchev–Trinajstić information content (AvgIpc) is 2.76. The number of carbonyl (C=O) groups is 1. The molecule has 1 aromatic rings. The summed E-state index contributed by atoms with van der Waals surface area (Å²) in [5.41, 5.74) is 7.03. The second kappa shape index (κ2) is 6.14. The van der Waals surface area contributed by atoms with Crippen molar-refractivity contribution in [1.82, 2.24) is 4.90 Å². The van der Waals surface area contributed by atoms with Crippen molar-refractivity contribution in [2.24, 2.45) is 5.73 Å². The molecule has 0 saturated carbocycles. The lowest BCUT2D eigenvalue weighted by Crippen LogP contribution is -2.43. The van der Waals surface area contributed by atoms with Crippen LogP contribution in [0.15, 0.2) is 30.3 Å². The predicted octanol–water partition coefficient (Wildman–Crippen LogP) is -0.490. The topological polar surface area (TPSA) is 86.8 Å². The number of rotatable bonds is 4. The maximum Gasteiger partial charge on any atom is 0.239 e. The van der Waals surface area contributed by atoms with E-state index in [0.717, 1.165) is 12.0 Å². The first-order chi connectivity index (χ1) is 9.08. The monoisotopic (exact) mass is 264 g/mol. The lowest BCUT2D eigenvalue weighted by molar-refractivity contribution is -0.132. The van der Waals surface area contributed by atoms with Crippen LogP contribution in [0.2, 0.25) is 0 Å². The van der Waals surface area contributed by atoms with Gasteiger partial charge in [-0.3, -0.25) is 4.79 Å². The highest BCUT2D eigenvalue weighted by Gasteiger charge is 2.34. The molecule has 104 valence electrons. The van der Waals surface area contributed by atoms with E-state index in [1.165, 1.54) is 4.90 Å². The maximum absolute atomic E-state index is 12.0. The Morgan fingerprint density at radius 1 is 1.26 bits per heavy atom. The fourth-order valence-electron chi connectivity index (χ4n) is 2.27. The van der Waals surface area contributed by atoms with E-state index in [0.29, 0.717) is 6.42 Å². The van der Waals surface area contributed by atoms with Gasteiger partial charge in [0, 0.05) is 13.1 Å². The molecule has 0 aromatic heterocycles. The van der Waals surface area contributed by atoms with Gasteiger partial charge in [-0.1, -0.05) is 30.3 Å². The van der Waals surface area contributed by atoms with Crippen molar-refractivity contribution < 1.29 is 15.0 Å². The summed E-state index contributed by atoms with van der Waals surface area (Å²) in [4.78, 5) is 13.5. The van der Waals surface area contributed by atoms with Crippen molar-refractivity contribution in [1.29, 1.82) is 0 Å². The smallest absolute Gasteiger partial charge is 0.239 e. The van der Waals surface area contributed by atoms with E-state index in [2.05, 4.69) is 0 Å². The number of hydrogen-bond donors (Lipinski definition) is 3. The molecule has 3 unspecified atom stereocenters. The molecule has 19 heavy (non-hydrogen) atoms. The van der Waals surface area contributed by atoms with Crippen LogP contribution in [0.25, 0.3) is 0 Å². The van der Waals surface area contributed by atoms with Gasteiger partial charge in [0.1, 0.15) is 0 Å². The van der Waals surface area contributed by atoms with Gasteiger partial charge < -0.3 is 20.8 Å². The van der Waals surface area contributed by atoms with Gasteiger partial charge in [-0.05, 0) is 18.4 Å². The molecule has 2 rings (SSSR count). The number of benzene rings is 1. The minimum Gasteiger partial charge on any atom is -0.388 e. The van der Waals surface area contributed by atoms with Crippen LogP contribution in [0, 0.1) is 0 Å². The summed E-state index contributed by atoms with van der Waals surface area (Å²) in [6, 6.07) is 9.27. The first-order valence-electron chi connectivity index (χ1n) is 6.52. The van der Waals surface area contributed by atoms with Crippen LogP contribution in [0.4, 0.5) is 0 Å². The van der Waals surface area contributed by atoms with Gasteiger partial charge >= 0.3 is 0 Å². The van der Waals surface area contributed by atoms with Gasteiger partial charge in [-0.2, -0.15) is 0 Å². The minimum atomic E-state index is -0.856. The molecule has 1 aliphatic heterocycles. The van der Waals surface area contributed by atoms with E-state index >= 15 is 0 Å². The summed E-state index contributed by atoms with van der Waals surface area (Å²) in [5.74, 6) is -0.202. The van der Waals surface area contributed by atoms with Crippen molar-refractivity contribution in [3.63, 3.8) is 0 Å². The van der Waals surface area contributed by atoms with Crippen molar-refractivity contribution >= 4 is 5.91 Å². The number of hydrogen-bond acceptors (Lipinski definition) is 4. The number of β-amino-alcohol motifs (C(OH)–C–C–N with tert-alkyl or cyclic N) is 2. The molecule has 1 saturated heterocycles. The lowest BCUT2D eigenvalue weighted by atomic mass is 10.1. The Kier molecular flexibility index (Phi) is 4.52. The van der Waals surface area contributed by atoms with Crippen LogP contribution < -0.4 is 5.73 Å². The zero-order chi connectivity index (χ0) is 13.8. The molecule has 5 nitrogen and oxygen atoms in total. The number of likely N-dealkylation sites (tertiary alicyclic amines) is 1. The number of aliphatic hydroxyl groups excluding tert-OH is 2. The van der Waals surface area contributed by atoms with Crippen LogP contribution in [-0.4, -0.2) is 52.4 Å². The van der Waals surface area contributed by atoms with Crippen LogP contribution in [0.3, 0.4) is 0 Å². The summed E-state index contributed by atoms with van der Waals surface area (Å²) in [6.45, 7) is 0.331. The van der Waals surface area contributed by atoms with E-state index in [4.69, 9.17) is 5.73 Å². The standard InChI is InChI=1S/C14H20N2O3/c15-11(7-6-10-4-2-1-3-5-10)14(19)16-8-12(17)13(18)9-16/h1-5,11-13,17-18H,6-9,15H2. The Morgan fingerprint density at radius 2 is 1.84 bits per heavy atom. The van der Waals surface area contributed by atoms with Crippen LogP contribution >= 0.6 is 0 Å². The summed E-state index contributed by atoms with van der Waals surface area (Å²) >= 11 is 0. The lowest BCUT2D eigenvalue weighted by Gasteiger charge is -2.20. The second-order valence-corrected chi connectivity index (χ2v) is 5.01. The van der Waals surface area contributed by atoms with Gasteiger partial charge in [0.15, 0.2) is 0 Å². The zero-order valence-corrected chi connectivity index (χ0v) is 10.8. The molecule has 1 aromatic carbocycles. The Bertz CT molecular complexity index is 414. The maximum atomic E-state index is 12.0. The molecule has 1 amide bonds. The molecule has 3 atom stereocenters. The SMILES string of the molecule is NC(CCc1ccccc1)C(=O)N1CC(O)C(O)C1. The van der Waals surface area contributed by atoms with Crippen LogP contribution in [0.1, 0.15) is 12.0 Å². The third-order valence-corrected chi connectivity index (χ3v) is 3.47. The minimum absolute atomic E-state index is 0.166. The quantitative estimate of drug-likeness (QED) is 0.685. The highest BCUT2D eigenvalue weighted by atomic mass is 16.3. The van der Waals surface area contributed by atoms with Crippen LogP contribution in [0.5, 0.6) is 0 Å². The Hall–Kier alpha value is -1.43. The first kappa shape index (κ1) is 14.0. The van der Waals surface area contributed by atoms with Crippen LogP contribution in [-0.2, 0) is 11.2 Å². The third-order valence-electron chi connectivity index (χ3n) is 3.47. The number of nitrogens with two attached hydrogens (primary N) is 1. The third kappa shape index (κ3) is 3.53. The summed E-state index contributed by atoms with van der Waals surface area (Å²) < 4.78 is 0. The Balaban J connectivity index is 1.83. The molecule has 0 bridgehead atoms. The predicted molar refractivity (Wildman–Crippen MR) is 71.3 cm³/mol. The van der Waals surface area contributed by atoms with E-state index in [1.807, 2.05) is 30.3 Å². The summed E-state index contributed by atoms with van der Waals surface area (Å²) in [5, 5.41) is 18.8. The van der Waals surface area contributed by atoms with E-state index in [-0.39, 0.29) is 19.0 Å². The molecule has 0 radical (unpaired) electrons. The van der Waals surface area contributed by atoms with Gasteiger partial charge in [0.2, 0.25) is 5.91 Å². The molecule has 0 aliphatic carbocycles. The van der Waals surface area contributed by atoms with Gasteiger partial charge in [-0.15, -0.1) is 0 Å². The summed E-state index contributed by atoms with van der Waals surface area (Å²) in [6.07, 6.45) is -0.409.